The van der Waals surface area contributed by atoms with Crippen LogP contribution < -0.4 is 32.1 Å². The maximum Gasteiger partial charge on any atom is 1.00 e. The van der Waals surface area contributed by atoms with Crippen LogP contribution in [0.1, 0.15) is 0 Å². The van der Waals surface area contributed by atoms with Gasteiger partial charge in [0.2, 0.25) is 0 Å². The molecule has 188 valence electrons. The molecule has 0 spiro atoms. The van der Waals surface area contributed by atoms with E-state index in [1.54, 1.807) is 0 Å². The molecule has 17 heteroatoms. The Balaban J connectivity index is 0.00000456. The van der Waals surface area contributed by atoms with Crippen molar-refractivity contribution in [2.75, 3.05) is 0 Å². The minimum absolute atomic E-state index is 0. The van der Waals surface area contributed by atoms with Gasteiger partial charge in [-0.2, -0.15) is 5.79 Å². The zero-order valence-corrected chi connectivity index (χ0v) is 18.4. The average Bonchev–Trinajstić information content (AvgIpc) is 2.81. The van der Waals surface area contributed by atoms with Gasteiger partial charge in [0.15, 0.2) is 52.4 Å². The van der Waals surface area contributed by atoms with Crippen molar-refractivity contribution in [3.05, 3.63) is 87.3 Å². The van der Waals surface area contributed by atoms with Crippen LogP contribution in [0.15, 0.2) is 0 Å². The molecule has 0 aliphatic carbocycles. The second-order valence-corrected chi connectivity index (χ2v) is 11.6. The Hall–Kier alpha value is -2.26. The monoisotopic (exact) mass is 550 g/mol. The van der Waals surface area contributed by atoms with E-state index >= 15 is 0 Å². The molecule has 0 heterocycles. The van der Waals surface area contributed by atoms with Gasteiger partial charge in [-0.1, -0.05) is 0 Å². The van der Waals surface area contributed by atoms with Crippen LogP contribution in [0.2, 0.25) is 5.79 Å². The Morgan fingerprint density at radius 1 is 0.278 bits per heavy atom. The molecule has 0 saturated heterocycles. The van der Waals surface area contributed by atoms with E-state index in [2.05, 4.69) is 0 Å². The summed E-state index contributed by atoms with van der Waals surface area (Å²) in [4.78, 5) is 0. The molecule has 0 unspecified atom stereocenters. The van der Waals surface area contributed by atoms with Crippen LogP contribution in [0, 0.1) is 87.3 Å². The van der Waals surface area contributed by atoms with Gasteiger partial charge in [-0.25, -0.2) is 65.9 Å². The topological polar surface area (TPSA) is 0 Å². The molecular weight excluding hydrogens is 547 g/mol. The van der Waals surface area contributed by atoms with Gasteiger partial charge in [0.1, 0.15) is 34.9 Å². The van der Waals surface area contributed by atoms with Gasteiger partial charge in [-0.05, 0) is 0 Å². The van der Waals surface area contributed by atoms with Crippen molar-refractivity contribution in [1.82, 2.24) is 0 Å². The average molecular weight is 550 g/mol. The van der Waals surface area contributed by atoms with Crippen LogP contribution in [-0.4, -0.2) is 13.1 Å². The van der Waals surface area contributed by atoms with Crippen molar-refractivity contribution in [2.45, 2.75) is 5.79 Å². The van der Waals surface area contributed by atoms with E-state index in [1.807, 2.05) is 0 Å². The van der Waals surface area contributed by atoms with E-state index in [9.17, 15) is 65.9 Å². The fourth-order valence-electron chi connectivity index (χ4n) is 3.82. The quantitative estimate of drug-likeness (QED) is 0.203. The van der Waals surface area contributed by atoms with Gasteiger partial charge in [-0.3, -0.25) is 0 Å². The minimum Gasteiger partial charge on any atom is -0.208 e. The largest absolute Gasteiger partial charge is 1.00 e. The van der Waals surface area contributed by atoms with Gasteiger partial charge < -0.3 is 0 Å². The molecule has 0 atom stereocenters. The van der Waals surface area contributed by atoms with Gasteiger partial charge >= 0.3 is 18.9 Å². The molecule has 0 aliphatic rings. The molecule has 0 saturated carbocycles. The Morgan fingerprint density at radius 3 is 0.528 bits per heavy atom. The van der Waals surface area contributed by atoms with Gasteiger partial charge in [0, 0.05) is 0 Å². The summed E-state index contributed by atoms with van der Waals surface area (Å²) >= 11 is -7.02. The van der Waals surface area contributed by atoms with Crippen molar-refractivity contribution in [2.24, 2.45) is 0 Å². The SMILES string of the molecule is [CH3][Al-]([c]1c(F)c(F)c(F)c(F)c1F)([c]1c(F)c(F)c(F)c(F)c1F)[c]1c(F)c(F)c(F)c(F)c1F.[Li+]. The number of hydrogen-bond donors (Lipinski definition) is 0. The minimum atomic E-state index is -7.02. The predicted octanol–water partition coefficient (Wildman–Crippen LogP) is 1.88. The first-order valence-corrected chi connectivity index (χ1v) is 11.7. The smallest absolute Gasteiger partial charge is 0.208 e. The van der Waals surface area contributed by atoms with Crippen LogP contribution in [0.3, 0.4) is 0 Å². The second-order valence-electron chi connectivity index (χ2n) is 7.25. The molecule has 0 aromatic heterocycles. The first-order valence-electron chi connectivity index (χ1n) is 8.78. The van der Waals surface area contributed by atoms with Crippen LogP contribution in [0.4, 0.5) is 65.9 Å². The molecule has 0 fully saturated rings. The molecule has 0 amide bonds. The zero-order chi connectivity index (χ0) is 26.9. The van der Waals surface area contributed by atoms with E-state index in [0.717, 1.165) is 0 Å². The fraction of sp³-hybridized carbons (Fsp3) is 0.0526. The zero-order valence-electron chi connectivity index (χ0n) is 17.2. The fourth-order valence-corrected chi connectivity index (χ4v) is 8.49. The second kappa shape index (κ2) is 9.89. The summed E-state index contributed by atoms with van der Waals surface area (Å²) < 4.78 is 204. The summed E-state index contributed by atoms with van der Waals surface area (Å²) in [6.07, 6.45) is 0. The van der Waals surface area contributed by atoms with E-state index in [-0.39, 0.29) is 24.6 Å². The summed E-state index contributed by atoms with van der Waals surface area (Å²) in [6.45, 7) is 0. The van der Waals surface area contributed by atoms with E-state index in [4.69, 9.17) is 0 Å². The standard InChI is InChI=1S/3C6F5.CH3.Al.Li/c3*7-2-1-3(8)5(10)6(11)4(2)9;;;/h;;;1H3;;/q;;;;-1;+1. The van der Waals surface area contributed by atoms with E-state index in [0.29, 0.717) is 0 Å². The Labute approximate surface area is 204 Å². The summed E-state index contributed by atoms with van der Waals surface area (Å²) in [6, 6.07) is 0. The van der Waals surface area contributed by atoms with Crippen LogP contribution >= 0.6 is 0 Å². The Kier molecular flexibility index (Phi) is 8.24. The molecule has 0 nitrogen and oxygen atoms in total. The van der Waals surface area contributed by atoms with Crippen molar-refractivity contribution in [3.63, 3.8) is 0 Å². The van der Waals surface area contributed by atoms with Gasteiger partial charge in [0.25, 0.3) is 13.1 Å². The Morgan fingerprint density at radius 2 is 0.389 bits per heavy atom. The molecule has 3 rings (SSSR count). The van der Waals surface area contributed by atoms with Gasteiger partial charge in [0.05, 0.1) is 0 Å². The molecule has 3 aromatic rings. The normalized spacial score (nSPS) is 11.7. The third-order valence-corrected chi connectivity index (χ3v) is 10.4. The molecular formula is C19H3AlF15Li. The summed E-state index contributed by atoms with van der Waals surface area (Å²) in [7, 11) is 0. The predicted molar refractivity (Wildman–Crippen MR) is 89.2 cm³/mol. The van der Waals surface area contributed by atoms with Crippen molar-refractivity contribution in [1.29, 1.82) is 0 Å². The number of benzene rings is 3. The summed E-state index contributed by atoms with van der Waals surface area (Å²) in [5.74, 6) is -44.7. The van der Waals surface area contributed by atoms with Gasteiger partial charge in [-0.15, -0.1) is 13.3 Å². The van der Waals surface area contributed by atoms with Crippen molar-refractivity contribution < 1.29 is 84.7 Å². The number of hydrogen-bond acceptors (Lipinski definition) is 0. The first-order chi connectivity index (χ1) is 16.0. The third-order valence-electron chi connectivity index (χ3n) is 5.46. The summed E-state index contributed by atoms with van der Waals surface area (Å²) in [5, 5.41) is 0. The number of rotatable bonds is 3. The molecule has 0 bridgehead atoms. The van der Waals surface area contributed by atoms with E-state index < -0.39 is 114 Å². The van der Waals surface area contributed by atoms with Crippen LogP contribution in [-0.2, 0) is 0 Å². The first kappa shape index (κ1) is 30.0. The van der Waals surface area contributed by atoms with Crippen LogP contribution in [0.25, 0.3) is 0 Å². The molecule has 36 heavy (non-hydrogen) atoms. The van der Waals surface area contributed by atoms with Crippen molar-refractivity contribution in [3.8, 4) is 0 Å². The molecule has 0 aliphatic heterocycles. The molecule has 3 aromatic carbocycles. The van der Waals surface area contributed by atoms with Crippen molar-refractivity contribution >= 4 is 26.4 Å². The third kappa shape index (κ3) is 3.90. The summed E-state index contributed by atoms with van der Waals surface area (Å²) in [5.41, 5.74) is 0. The maximum absolute atomic E-state index is 14.7. The number of halogens is 15. The van der Waals surface area contributed by atoms with E-state index in [1.165, 1.54) is 0 Å². The molecule has 0 radical (unpaired) electrons. The Bertz CT molecular complexity index is 1170. The molecule has 0 N–H and O–H groups in total. The maximum atomic E-state index is 14.7. The van der Waals surface area contributed by atoms with Crippen LogP contribution in [0.5, 0.6) is 0 Å².